The van der Waals surface area contributed by atoms with Gasteiger partial charge < -0.3 is 10.1 Å². The van der Waals surface area contributed by atoms with Gasteiger partial charge in [0.15, 0.2) is 0 Å². The molecular weight excluding hydrogens is 516 g/mol. The fourth-order valence-electron chi connectivity index (χ4n) is 4.10. The van der Waals surface area contributed by atoms with Gasteiger partial charge in [0.2, 0.25) is 5.91 Å². The number of anilines is 2. The average molecular weight is 539 g/mol. The van der Waals surface area contributed by atoms with Crippen molar-refractivity contribution in [2.75, 3.05) is 29.8 Å². The molecule has 0 bridgehead atoms. The molecule has 1 heterocycles. The molecule has 196 valence electrons. The number of imide groups is 1. The van der Waals surface area contributed by atoms with Crippen LogP contribution in [-0.2, 0) is 14.8 Å². The number of nitrogens with zero attached hydrogens (tertiary/aromatic N) is 3. The number of hydrogen-bond acceptors (Lipinski definition) is 8. The summed E-state index contributed by atoms with van der Waals surface area (Å²) >= 11 is 0. The standard InChI is InChI=1S/C25H22N4O8S/c1-3-28(16-8-5-4-6-9-16)38(35,36)17-12-13-21(37-2)19(14-17)26-22(30)15-27-24(31)18-10-7-11-20(29(33)34)23(18)25(27)32/h4-14H,3,15H2,1-2H3,(H,26,30). The lowest BCUT2D eigenvalue weighted by Gasteiger charge is -2.23. The predicted molar refractivity (Wildman–Crippen MR) is 137 cm³/mol. The van der Waals surface area contributed by atoms with Crippen LogP contribution in [0.3, 0.4) is 0 Å². The van der Waals surface area contributed by atoms with E-state index in [1.807, 2.05) is 0 Å². The second-order valence-electron chi connectivity index (χ2n) is 8.07. The Labute approximate surface area is 217 Å². The third-order valence-corrected chi connectivity index (χ3v) is 7.74. The van der Waals surface area contributed by atoms with Crippen molar-refractivity contribution in [3.8, 4) is 5.75 Å². The maximum Gasteiger partial charge on any atom is 0.282 e. The zero-order valence-electron chi connectivity index (χ0n) is 20.3. The molecule has 1 aliphatic heterocycles. The third kappa shape index (κ3) is 4.66. The van der Waals surface area contributed by atoms with E-state index in [9.17, 15) is 32.9 Å². The third-order valence-electron chi connectivity index (χ3n) is 5.84. The van der Waals surface area contributed by atoms with Gasteiger partial charge in [-0.1, -0.05) is 24.3 Å². The van der Waals surface area contributed by atoms with Crippen molar-refractivity contribution in [2.24, 2.45) is 0 Å². The van der Waals surface area contributed by atoms with Crippen LogP contribution in [0.4, 0.5) is 17.1 Å². The Morgan fingerprint density at radius 2 is 1.76 bits per heavy atom. The van der Waals surface area contributed by atoms with Crippen molar-refractivity contribution in [1.82, 2.24) is 4.90 Å². The molecule has 3 aromatic rings. The zero-order valence-corrected chi connectivity index (χ0v) is 21.1. The van der Waals surface area contributed by atoms with Crippen molar-refractivity contribution in [3.63, 3.8) is 0 Å². The monoisotopic (exact) mass is 538 g/mol. The number of carbonyl (C=O) groups excluding carboxylic acids is 3. The van der Waals surface area contributed by atoms with E-state index in [0.717, 1.165) is 6.07 Å². The van der Waals surface area contributed by atoms with Gasteiger partial charge in [-0.15, -0.1) is 0 Å². The molecule has 4 rings (SSSR count). The first kappa shape index (κ1) is 26.3. The fourth-order valence-corrected chi connectivity index (χ4v) is 5.60. The van der Waals surface area contributed by atoms with Gasteiger partial charge in [0.25, 0.3) is 27.5 Å². The molecule has 0 fully saturated rings. The van der Waals surface area contributed by atoms with Gasteiger partial charge in [0.1, 0.15) is 17.9 Å². The van der Waals surface area contributed by atoms with E-state index in [1.54, 1.807) is 37.3 Å². The molecule has 0 spiro atoms. The Bertz CT molecular complexity index is 1560. The number of hydrogen-bond donors (Lipinski definition) is 1. The number of methoxy groups -OCH3 is 1. The molecule has 1 aliphatic rings. The number of rotatable bonds is 9. The van der Waals surface area contributed by atoms with Gasteiger partial charge in [-0.2, -0.15) is 0 Å². The van der Waals surface area contributed by atoms with Crippen molar-refractivity contribution in [3.05, 3.63) is 88.0 Å². The van der Waals surface area contributed by atoms with E-state index in [4.69, 9.17) is 4.74 Å². The maximum absolute atomic E-state index is 13.4. The molecule has 12 nitrogen and oxygen atoms in total. The molecule has 0 radical (unpaired) electrons. The van der Waals surface area contributed by atoms with E-state index in [-0.39, 0.29) is 34.0 Å². The van der Waals surface area contributed by atoms with Crippen LogP contribution in [0.25, 0.3) is 0 Å². The summed E-state index contributed by atoms with van der Waals surface area (Å²) in [6.45, 7) is 1.07. The van der Waals surface area contributed by atoms with E-state index in [0.29, 0.717) is 10.6 Å². The van der Waals surface area contributed by atoms with Crippen LogP contribution in [0.5, 0.6) is 5.75 Å². The van der Waals surface area contributed by atoms with E-state index in [1.165, 1.54) is 41.7 Å². The predicted octanol–water partition coefficient (Wildman–Crippen LogP) is 3.05. The highest BCUT2D eigenvalue weighted by atomic mass is 32.2. The Morgan fingerprint density at radius 3 is 2.39 bits per heavy atom. The summed E-state index contributed by atoms with van der Waals surface area (Å²) in [6.07, 6.45) is 0. The summed E-state index contributed by atoms with van der Waals surface area (Å²) in [6, 6.07) is 16.0. The molecule has 0 atom stereocenters. The van der Waals surface area contributed by atoms with Crippen molar-refractivity contribution in [2.45, 2.75) is 11.8 Å². The Kier molecular flexibility index (Phi) is 7.12. The summed E-state index contributed by atoms with van der Waals surface area (Å²) in [5.74, 6) is -2.53. The quantitative estimate of drug-likeness (QED) is 0.247. The number of ether oxygens (including phenoxy) is 1. The molecule has 3 aromatic carbocycles. The number of nitrogens with one attached hydrogen (secondary N) is 1. The maximum atomic E-state index is 13.4. The second kappa shape index (κ2) is 10.3. The van der Waals surface area contributed by atoms with Gasteiger partial charge in [0, 0.05) is 12.6 Å². The summed E-state index contributed by atoms with van der Waals surface area (Å²) < 4.78 is 33.2. The number of para-hydroxylation sites is 1. The normalized spacial score (nSPS) is 12.7. The first-order chi connectivity index (χ1) is 18.1. The van der Waals surface area contributed by atoms with E-state index in [2.05, 4.69) is 5.32 Å². The smallest absolute Gasteiger partial charge is 0.282 e. The average Bonchev–Trinajstić information content (AvgIpc) is 3.14. The van der Waals surface area contributed by atoms with Gasteiger partial charge in [-0.3, -0.25) is 33.7 Å². The SMILES string of the molecule is CCN(c1ccccc1)S(=O)(=O)c1ccc(OC)c(NC(=O)CN2C(=O)c3cccc([N+](=O)[O-])c3C2=O)c1. The van der Waals surface area contributed by atoms with Gasteiger partial charge in [-0.05, 0) is 43.3 Å². The fraction of sp³-hybridized carbons (Fsp3) is 0.160. The summed E-state index contributed by atoms with van der Waals surface area (Å²) in [4.78, 5) is 49.3. The zero-order chi connectivity index (χ0) is 27.6. The lowest BCUT2D eigenvalue weighted by Crippen LogP contribution is -2.37. The first-order valence-corrected chi connectivity index (χ1v) is 12.7. The molecule has 38 heavy (non-hydrogen) atoms. The van der Waals surface area contributed by atoms with Gasteiger partial charge in [-0.25, -0.2) is 8.42 Å². The van der Waals surface area contributed by atoms with Crippen LogP contribution >= 0.6 is 0 Å². The number of nitro benzene ring substituents is 1. The van der Waals surface area contributed by atoms with Crippen LogP contribution in [0.15, 0.2) is 71.6 Å². The summed E-state index contributed by atoms with van der Waals surface area (Å²) in [5.41, 5.74) is -0.659. The van der Waals surface area contributed by atoms with Crippen LogP contribution in [-0.4, -0.2) is 56.2 Å². The van der Waals surface area contributed by atoms with Crippen molar-refractivity contribution >= 4 is 44.8 Å². The molecule has 13 heteroatoms. The summed E-state index contributed by atoms with van der Waals surface area (Å²) in [7, 11) is -2.71. The molecule has 0 aliphatic carbocycles. The van der Waals surface area contributed by atoms with E-state index < -0.39 is 44.9 Å². The Hall–Kier alpha value is -4.78. The molecule has 1 N–H and O–H groups in total. The number of amides is 3. The number of sulfonamides is 1. The molecule has 0 unspecified atom stereocenters. The van der Waals surface area contributed by atoms with E-state index >= 15 is 0 Å². The highest BCUT2D eigenvalue weighted by Gasteiger charge is 2.41. The number of benzene rings is 3. The van der Waals surface area contributed by atoms with Crippen LogP contribution in [0.2, 0.25) is 0 Å². The molecule has 0 saturated heterocycles. The Morgan fingerprint density at radius 1 is 1.05 bits per heavy atom. The highest BCUT2D eigenvalue weighted by molar-refractivity contribution is 7.92. The van der Waals surface area contributed by atoms with Gasteiger partial charge in [0.05, 0.1) is 33.9 Å². The topological polar surface area (TPSA) is 156 Å². The minimum atomic E-state index is -4.03. The summed E-state index contributed by atoms with van der Waals surface area (Å²) in [5, 5.41) is 13.8. The minimum Gasteiger partial charge on any atom is -0.495 e. The first-order valence-electron chi connectivity index (χ1n) is 11.3. The number of fused-ring (bicyclic) bond motifs is 1. The number of nitro groups is 1. The molecule has 0 aromatic heterocycles. The lowest BCUT2D eigenvalue weighted by atomic mass is 10.1. The van der Waals surface area contributed by atoms with Crippen LogP contribution in [0.1, 0.15) is 27.6 Å². The molecule has 3 amide bonds. The van der Waals surface area contributed by atoms with Gasteiger partial charge >= 0.3 is 0 Å². The van der Waals surface area contributed by atoms with Crippen molar-refractivity contribution in [1.29, 1.82) is 0 Å². The second-order valence-corrected chi connectivity index (χ2v) is 9.93. The van der Waals surface area contributed by atoms with Crippen molar-refractivity contribution < 1.29 is 32.5 Å². The Balaban J connectivity index is 1.60. The lowest BCUT2D eigenvalue weighted by molar-refractivity contribution is -0.385. The number of carbonyl (C=O) groups is 3. The molecular formula is C25H22N4O8S. The largest absolute Gasteiger partial charge is 0.495 e. The minimum absolute atomic E-state index is 0.00900. The highest BCUT2D eigenvalue weighted by Crippen LogP contribution is 2.32. The van der Waals surface area contributed by atoms with Crippen LogP contribution < -0.4 is 14.4 Å². The molecule has 0 saturated carbocycles. The van der Waals surface area contributed by atoms with Crippen LogP contribution in [0, 0.1) is 10.1 Å².